The first-order valence-corrected chi connectivity index (χ1v) is 10.1. The highest BCUT2D eigenvalue weighted by molar-refractivity contribution is 5.72. The second kappa shape index (κ2) is 7.64. The number of alkyl carbamates (subject to hydrolysis) is 1. The molecule has 1 aliphatic carbocycles. The molecule has 0 aliphatic heterocycles. The van der Waals surface area contributed by atoms with E-state index in [4.69, 9.17) is 14.2 Å². The molecule has 9 nitrogen and oxygen atoms in total. The first kappa shape index (κ1) is 20.8. The van der Waals surface area contributed by atoms with Gasteiger partial charge in [0.25, 0.3) is 0 Å². The summed E-state index contributed by atoms with van der Waals surface area (Å²) in [6.07, 6.45) is 4.63. The molecule has 2 heterocycles. The lowest BCUT2D eigenvalue weighted by atomic mass is 10.1. The average Bonchev–Trinajstić information content (AvgIpc) is 3.31. The number of anilines is 2. The van der Waals surface area contributed by atoms with Crippen LogP contribution in [-0.2, 0) is 10.3 Å². The predicted octanol–water partition coefficient (Wildman–Crippen LogP) is 4.00. The SMILES string of the molecule is COc1ccc(Nc2cc(C3(NC(=O)OC(C)(C)C)CC3)c3nccn3n2)cc1OC. The Morgan fingerprint density at radius 1 is 1.13 bits per heavy atom. The maximum atomic E-state index is 12.5. The number of aromatic nitrogens is 3. The van der Waals surface area contributed by atoms with Crippen molar-refractivity contribution in [2.24, 2.45) is 0 Å². The van der Waals surface area contributed by atoms with Gasteiger partial charge in [-0.1, -0.05) is 0 Å². The molecule has 0 saturated heterocycles. The van der Waals surface area contributed by atoms with E-state index in [2.05, 4.69) is 20.7 Å². The van der Waals surface area contributed by atoms with Gasteiger partial charge in [-0.2, -0.15) is 0 Å². The number of imidazole rings is 1. The number of carbonyl (C=O) groups excluding carboxylic acids is 1. The Bertz CT molecular complexity index is 1110. The smallest absolute Gasteiger partial charge is 0.408 e. The molecule has 1 saturated carbocycles. The maximum Gasteiger partial charge on any atom is 0.408 e. The quantitative estimate of drug-likeness (QED) is 0.616. The molecule has 3 aromatic rings. The van der Waals surface area contributed by atoms with Crippen LogP contribution in [0.4, 0.5) is 16.3 Å². The van der Waals surface area contributed by atoms with Crippen LogP contribution in [0, 0.1) is 0 Å². The summed E-state index contributed by atoms with van der Waals surface area (Å²) in [6, 6.07) is 7.46. The molecule has 1 aliphatic rings. The molecule has 0 radical (unpaired) electrons. The molecule has 2 N–H and O–H groups in total. The number of fused-ring (bicyclic) bond motifs is 1. The van der Waals surface area contributed by atoms with E-state index in [9.17, 15) is 4.79 Å². The Kier molecular flexibility index (Phi) is 5.12. The Morgan fingerprint density at radius 2 is 1.87 bits per heavy atom. The third kappa shape index (κ3) is 4.35. The lowest BCUT2D eigenvalue weighted by molar-refractivity contribution is 0.0495. The molecular formula is C22H27N5O4. The van der Waals surface area contributed by atoms with E-state index in [1.807, 2.05) is 45.0 Å². The van der Waals surface area contributed by atoms with Gasteiger partial charge in [-0.3, -0.25) is 0 Å². The van der Waals surface area contributed by atoms with Crippen LogP contribution in [0.1, 0.15) is 39.2 Å². The van der Waals surface area contributed by atoms with Gasteiger partial charge >= 0.3 is 6.09 Å². The number of nitrogens with zero attached hydrogens (tertiary/aromatic N) is 3. The number of benzene rings is 1. The molecule has 164 valence electrons. The average molecular weight is 425 g/mol. The zero-order valence-corrected chi connectivity index (χ0v) is 18.4. The van der Waals surface area contributed by atoms with Crippen LogP contribution in [0.15, 0.2) is 36.7 Å². The van der Waals surface area contributed by atoms with E-state index in [0.717, 1.165) is 24.1 Å². The monoisotopic (exact) mass is 425 g/mol. The number of nitrogens with one attached hydrogen (secondary N) is 2. The molecule has 0 bridgehead atoms. The fourth-order valence-corrected chi connectivity index (χ4v) is 3.48. The van der Waals surface area contributed by atoms with E-state index < -0.39 is 17.2 Å². The second-order valence-electron chi connectivity index (χ2n) is 8.54. The number of hydrogen-bond donors (Lipinski definition) is 2. The molecule has 0 atom stereocenters. The highest BCUT2D eigenvalue weighted by atomic mass is 16.6. The zero-order valence-electron chi connectivity index (χ0n) is 18.4. The van der Waals surface area contributed by atoms with Gasteiger partial charge in [0.1, 0.15) is 5.60 Å². The topological polar surface area (TPSA) is 99.0 Å². The van der Waals surface area contributed by atoms with Gasteiger partial charge in [0.2, 0.25) is 0 Å². The number of amides is 1. The first-order chi connectivity index (χ1) is 14.7. The van der Waals surface area contributed by atoms with Gasteiger partial charge in [-0.25, -0.2) is 14.3 Å². The van der Waals surface area contributed by atoms with Crippen molar-refractivity contribution in [2.45, 2.75) is 44.8 Å². The summed E-state index contributed by atoms with van der Waals surface area (Å²) in [5.41, 5.74) is 1.29. The molecule has 1 aromatic carbocycles. The summed E-state index contributed by atoms with van der Waals surface area (Å²) < 4.78 is 17.9. The number of methoxy groups -OCH3 is 2. The molecule has 31 heavy (non-hydrogen) atoms. The molecular weight excluding hydrogens is 398 g/mol. The first-order valence-electron chi connectivity index (χ1n) is 10.1. The summed E-state index contributed by atoms with van der Waals surface area (Å²) in [5.74, 6) is 1.87. The van der Waals surface area contributed by atoms with Crippen molar-refractivity contribution >= 4 is 23.2 Å². The number of rotatable bonds is 6. The summed E-state index contributed by atoms with van der Waals surface area (Å²) >= 11 is 0. The Balaban J connectivity index is 1.65. The molecule has 1 fully saturated rings. The van der Waals surface area contributed by atoms with Gasteiger partial charge in [0.15, 0.2) is 23.0 Å². The standard InChI is InChI=1S/C22H27N5O4/c1-21(2,3)31-20(28)25-22(8-9-22)15-13-18(26-27-11-10-23-19(15)27)24-14-6-7-16(29-4)17(12-14)30-5/h6-7,10-13H,8-9H2,1-5H3,(H,24,26)(H,25,28). The van der Waals surface area contributed by atoms with Crippen LogP contribution in [0.5, 0.6) is 11.5 Å². The Morgan fingerprint density at radius 3 is 2.52 bits per heavy atom. The van der Waals surface area contributed by atoms with Crippen molar-refractivity contribution in [1.29, 1.82) is 0 Å². The molecule has 0 spiro atoms. The second-order valence-corrected chi connectivity index (χ2v) is 8.54. The van der Waals surface area contributed by atoms with Gasteiger partial charge in [0, 0.05) is 29.7 Å². The van der Waals surface area contributed by atoms with Crippen LogP contribution < -0.4 is 20.1 Å². The molecule has 2 aromatic heterocycles. The minimum atomic E-state index is -0.568. The van der Waals surface area contributed by atoms with Gasteiger partial charge < -0.3 is 24.8 Å². The van der Waals surface area contributed by atoms with Crippen LogP contribution in [0.25, 0.3) is 5.65 Å². The molecule has 1 amide bonds. The van der Waals surface area contributed by atoms with Crippen molar-refractivity contribution in [1.82, 2.24) is 19.9 Å². The minimum Gasteiger partial charge on any atom is -0.493 e. The minimum absolute atomic E-state index is 0.444. The van der Waals surface area contributed by atoms with Crippen LogP contribution >= 0.6 is 0 Å². The van der Waals surface area contributed by atoms with E-state index >= 15 is 0 Å². The third-order valence-electron chi connectivity index (χ3n) is 5.02. The van der Waals surface area contributed by atoms with Crippen LogP contribution in [-0.4, -0.2) is 40.5 Å². The Hall–Kier alpha value is -3.49. The molecule has 0 unspecified atom stereocenters. The highest BCUT2D eigenvalue weighted by Gasteiger charge is 2.48. The lowest BCUT2D eigenvalue weighted by Gasteiger charge is -2.24. The summed E-state index contributed by atoms with van der Waals surface area (Å²) in [5, 5.41) is 10.9. The van der Waals surface area contributed by atoms with Crippen molar-refractivity contribution in [3.8, 4) is 11.5 Å². The maximum absolute atomic E-state index is 12.5. The van der Waals surface area contributed by atoms with Crippen molar-refractivity contribution in [3.05, 3.63) is 42.2 Å². The Labute approximate surface area is 180 Å². The number of carbonyl (C=O) groups is 1. The van der Waals surface area contributed by atoms with E-state index in [0.29, 0.717) is 23.0 Å². The van der Waals surface area contributed by atoms with Gasteiger partial charge in [0.05, 0.1) is 19.8 Å². The van der Waals surface area contributed by atoms with E-state index in [1.165, 1.54) is 0 Å². The highest BCUT2D eigenvalue weighted by Crippen LogP contribution is 2.47. The third-order valence-corrected chi connectivity index (χ3v) is 5.02. The normalized spacial score (nSPS) is 14.7. The zero-order chi connectivity index (χ0) is 22.2. The molecule has 4 rings (SSSR count). The van der Waals surface area contributed by atoms with Gasteiger partial charge in [-0.05, 0) is 51.8 Å². The van der Waals surface area contributed by atoms with Crippen LogP contribution in [0.3, 0.4) is 0 Å². The van der Waals surface area contributed by atoms with Crippen molar-refractivity contribution in [3.63, 3.8) is 0 Å². The summed E-state index contributed by atoms with van der Waals surface area (Å²) in [6.45, 7) is 5.53. The number of hydrogen-bond acceptors (Lipinski definition) is 7. The van der Waals surface area contributed by atoms with Crippen molar-refractivity contribution < 1.29 is 19.0 Å². The van der Waals surface area contributed by atoms with E-state index in [-0.39, 0.29) is 0 Å². The summed E-state index contributed by atoms with van der Waals surface area (Å²) in [7, 11) is 3.19. The fraction of sp³-hybridized carbons (Fsp3) is 0.409. The van der Waals surface area contributed by atoms with Crippen LogP contribution in [0.2, 0.25) is 0 Å². The largest absolute Gasteiger partial charge is 0.493 e. The number of ether oxygens (including phenoxy) is 3. The fourth-order valence-electron chi connectivity index (χ4n) is 3.48. The van der Waals surface area contributed by atoms with Gasteiger partial charge in [-0.15, -0.1) is 5.10 Å². The predicted molar refractivity (Wildman–Crippen MR) is 116 cm³/mol. The molecule has 9 heteroatoms. The summed E-state index contributed by atoms with van der Waals surface area (Å²) in [4.78, 5) is 16.9. The lowest BCUT2D eigenvalue weighted by Crippen LogP contribution is -2.39. The van der Waals surface area contributed by atoms with E-state index in [1.54, 1.807) is 31.1 Å². The van der Waals surface area contributed by atoms with Crippen molar-refractivity contribution in [2.75, 3.05) is 19.5 Å².